The molecule has 106 valence electrons. The molecule has 1 fully saturated rings. The van der Waals surface area contributed by atoms with E-state index in [0.717, 1.165) is 22.3 Å². The summed E-state index contributed by atoms with van der Waals surface area (Å²) >= 11 is 1.55. The third-order valence-electron chi connectivity index (χ3n) is 4.18. The molecule has 1 atom stereocenters. The molecule has 0 bridgehead atoms. The Bertz CT molecular complexity index is 685. The van der Waals surface area contributed by atoms with E-state index in [-0.39, 0.29) is 11.4 Å². The van der Waals surface area contributed by atoms with Gasteiger partial charge in [0.15, 0.2) is 5.54 Å². The standard InChI is InChI=1S/C16H15N3OS/c1-21-15-17-14(20)16(19-18-15)12-8-4-2-6-10(12)11-7-3-5-9-13(11)16/h2-9,15,18-19H,1H3,(H,17,20). The number of fused-ring (bicyclic) bond motifs is 5. The number of thioether (sulfide) groups is 1. The molecule has 2 aromatic rings. The molecule has 3 N–H and O–H groups in total. The Kier molecular flexibility index (Phi) is 2.82. The molecule has 2 aromatic carbocycles. The Morgan fingerprint density at radius 2 is 1.57 bits per heavy atom. The van der Waals surface area contributed by atoms with Crippen molar-refractivity contribution in [1.29, 1.82) is 0 Å². The van der Waals surface area contributed by atoms with Gasteiger partial charge in [-0.05, 0) is 28.5 Å². The largest absolute Gasteiger partial charge is 0.329 e. The summed E-state index contributed by atoms with van der Waals surface area (Å²) in [6, 6.07) is 16.1. The summed E-state index contributed by atoms with van der Waals surface area (Å²) in [6.07, 6.45) is 1.95. The zero-order valence-electron chi connectivity index (χ0n) is 11.5. The number of rotatable bonds is 1. The average Bonchev–Trinajstić information content (AvgIpc) is 2.82. The molecular formula is C16H15N3OS. The molecule has 1 aliphatic heterocycles. The van der Waals surface area contributed by atoms with Gasteiger partial charge in [-0.3, -0.25) is 4.79 Å². The number of carbonyl (C=O) groups excluding carboxylic acids is 1. The van der Waals surface area contributed by atoms with E-state index >= 15 is 0 Å². The van der Waals surface area contributed by atoms with Crippen molar-refractivity contribution in [3.8, 4) is 11.1 Å². The minimum atomic E-state index is -0.848. The first kappa shape index (κ1) is 12.9. The van der Waals surface area contributed by atoms with Gasteiger partial charge in [0.05, 0.1) is 0 Å². The summed E-state index contributed by atoms with van der Waals surface area (Å²) in [5, 5.41) is 3.03. The maximum absolute atomic E-state index is 12.9. The van der Waals surface area contributed by atoms with Crippen molar-refractivity contribution in [3.63, 3.8) is 0 Å². The van der Waals surface area contributed by atoms with Crippen molar-refractivity contribution >= 4 is 17.7 Å². The van der Waals surface area contributed by atoms with Crippen molar-refractivity contribution < 1.29 is 4.79 Å². The number of carbonyl (C=O) groups is 1. The predicted octanol–water partition coefficient (Wildman–Crippen LogP) is 1.78. The van der Waals surface area contributed by atoms with Crippen LogP contribution in [0.5, 0.6) is 0 Å². The lowest BCUT2D eigenvalue weighted by atomic mass is 9.86. The van der Waals surface area contributed by atoms with Crippen molar-refractivity contribution in [2.24, 2.45) is 0 Å². The maximum atomic E-state index is 12.9. The molecule has 1 amide bonds. The molecule has 1 heterocycles. The Morgan fingerprint density at radius 1 is 1.00 bits per heavy atom. The van der Waals surface area contributed by atoms with Crippen LogP contribution in [0.2, 0.25) is 0 Å². The van der Waals surface area contributed by atoms with Crippen LogP contribution in [0.3, 0.4) is 0 Å². The molecule has 2 aliphatic rings. The summed E-state index contributed by atoms with van der Waals surface area (Å²) in [5.41, 5.74) is 9.71. The molecular weight excluding hydrogens is 282 g/mol. The van der Waals surface area contributed by atoms with E-state index in [9.17, 15) is 4.79 Å². The fraction of sp³-hybridized carbons (Fsp3) is 0.188. The van der Waals surface area contributed by atoms with E-state index in [1.165, 1.54) is 0 Å². The van der Waals surface area contributed by atoms with Gasteiger partial charge in [0.25, 0.3) is 5.91 Å². The number of hydrogen-bond acceptors (Lipinski definition) is 4. The van der Waals surface area contributed by atoms with Crippen molar-refractivity contribution in [2.45, 2.75) is 11.0 Å². The number of nitrogens with one attached hydrogen (secondary N) is 3. The Hall–Kier alpha value is -1.82. The highest BCUT2D eigenvalue weighted by Gasteiger charge is 2.51. The van der Waals surface area contributed by atoms with Gasteiger partial charge in [-0.2, -0.15) is 0 Å². The maximum Gasteiger partial charge on any atom is 0.252 e. The number of benzene rings is 2. The second-order valence-corrected chi connectivity index (χ2v) is 6.14. The SMILES string of the molecule is CSC1NNC2(C(=O)N1)c1ccccc1-c1ccccc12. The number of amides is 1. The predicted molar refractivity (Wildman–Crippen MR) is 84.4 cm³/mol. The van der Waals surface area contributed by atoms with Gasteiger partial charge < -0.3 is 5.32 Å². The third-order valence-corrected chi connectivity index (χ3v) is 4.89. The van der Waals surface area contributed by atoms with E-state index in [1.807, 2.05) is 42.7 Å². The lowest BCUT2D eigenvalue weighted by Gasteiger charge is -2.39. The van der Waals surface area contributed by atoms with Gasteiger partial charge >= 0.3 is 0 Å². The van der Waals surface area contributed by atoms with Crippen LogP contribution < -0.4 is 16.2 Å². The molecule has 4 rings (SSSR count). The smallest absolute Gasteiger partial charge is 0.252 e. The van der Waals surface area contributed by atoms with Crippen LogP contribution >= 0.6 is 11.8 Å². The van der Waals surface area contributed by atoms with Crippen LogP contribution in [-0.4, -0.2) is 17.7 Å². The van der Waals surface area contributed by atoms with E-state index in [1.54, 1.807) is 11.8 Å². The highest BCUT2D eigenvalue weighted by molar-refractivity contribution is 7.99. The van der Waals surface area contributed by atoms with E-state index in [4.69, 9.17) is 0 Å². The van der Waals surface area contributed by atoms with Crippen LogP contribution in [0.1, 0.15) is 11.1 Å². The third kappa shape index (κ3) is 1.62. The zero-order valence-corrected chi connectivity index (χ0v) is 12.3. The van der Waals surface area contributed by atoms with Gasteiger partial charge in [0.1, 0.15) is 5.50 Å². The second kappa shape index (κ2) is 4.59. The van der Waals surface area contributed by atoms with Crippen LogP contribution in [0.4, 0.5) is 0 Å². The topological polar surface area (TPSA) is 53.2 Å². The molecule has 1 aliphatic carbocycles. The van der Waals surface area contributed by atoms with Gasteiger partial charge in [-0.25, -0.2) is 10.9 Å². The van der Waals surface area contributed by atoms with Crippen molar-refractivity contribution in [3.05, 3.63) is 59.7 Å². The summed E-state index contributed by atoms with van der Waals surface area (Å²) in [4.78, 5) is 12.9. The van der Waals surface area contributed by atoms with E-state index in [0.29, 0.717) is 0 Å². The lowest BCUT2D eigenvalue weighted by molar-refractivity contribution is -0.129. The fourth-order valence-electron chi connectivity index (χ4n) is 3.23. The Morgan fingerprint density at radius 3 is 2.10 bits per heavy atom. The van der Waals surface area contributed by atoms with Gasteiger partial charge in [0, 0.05) is 0 Å². The highest BCUT2D eigenvalue weighted by Crippen LogP contribution is 2.47. The van der Waals surface area contributed by atoms with Crippen molar-refractivity contribution in [2.75, 3.05) is 6.26 Å². The van der Waals surface area contributed by atoms with E-state index in [2.05, 4.69) is 28.3 Å². The summed E-state index contributed by atoms with van der Waals surface area (Å²) in [5.74, 6) is -0.0157. The Labute approximate surface area is 127 Å². The van der Waals surface area contributed by atoms with Crippen molar-refractivity contribution in [1.82, 2.24) is 16.2 Å². The van der Waals surface area contributed by atoms with Crippen LogP contribution in [0.15, 0.2) is 48.5 Å². The van der Waals surface area contributed by atoms with E-state index < -0.39 is 5.54 Å². The fourth-order valence-corrected chi connectivity index (χ4v) is 3.63. The first-order chi connectivity index (χ1) is 10.3. The number of hydrazine groups is 1. The Balaban J connectivity index is 1.95. The first-order valence-electron chi connectivity index (χ1n) is 6.83. The summed E-state index contributed by atoms with van der Waals surface area (Å²) in [7, 11) is 0. The van der Waals surface area contributed by atoms with Crippen LogP contribution in [0.25, 0.3) is 11.1 Å². The molecule has 0 saturated carbocycles. The molecule has 0 aromatic heterocycles. The minimum Gasteiger partial charge on any atom is -0.329 e. The monoisotopic (exact) mass is 297 g/mol. The quantitative estimate of drug-likeness (QED) is 0.751. The molecule has 1 unspecified atom stereocenters. The van der Waals surface area contributed by atoms with Gasteiger partial charge in [-0.15, -0.1) is 11.8 Å². The number of hydrogen-bond donors (Lipinski definition) is 3. The molecule has 1 spiro atoms. The molecule has 0 radical (unpaired) electrons. The van der Waals surface area contributed by atoms with Crippen LogP contribution in [0, 0.1) is 0 Å². The highest BCUT2D eigenvalue weighted by atomic mass is 32.2. The first-order valence-corrected chi connectivity index (χ1v) is 8.12. The lowest BCUT2D eigenvalue weighted by Crippen LogP contribution is -2.69. The molecule has 5 heteroatoms. The second-order valence-electron chi connectivity index (χ2n) is 5.20. The molecule has 1 saturated heterocycles. The summed E-state index contributed by atoms with van der Waals surface area (Å²) in [6.45, 7) is 0. The molecule has 4 nitrogen and oxygen atoms in total. The van der Waals surface area contributed by atoms with Gasteiger partial charge in [-0.1, -0.05) is 48.5 Å². The molecule has 21 heavy (non-hydrogen) atoms. The average molecular weight is 297 g/mol. The zero-order chi connectivity index (χ0) is 14.4. The van der Waals surface area contributed by atoms with Crippen LogP contribution in [-0.2, 0) is 10.3 Å². The minimum absolute atomic E-state index is 0.0157. The summed E-state index contributed by atoms with van der Waals surface area (Å²) < 4.78 is 0. The normalized spacial score (nSPS) is 21.8. The van der Waals surface area contributed by atoms with Gasteiger partial charge in [0.2, 0.25) is 0 Å².